The molecule has 206 valence electrons. The van der Waals surface area contributed by atoms with E-state index in [9.17, 15) is 14.4 Å². The maximum Gasteiger partial charge on any atom is 0.331 e. The molecular formula is C29H32N8O3. The Balaban J connectivity index is 1.60. The molecule has 2 aliphatic rings. The summed E-state index contributed by atoms with van der Waals surface area (Å²) in [4.78, 5) is 52.7. The Kier molecular flexibility index (Phi) is 6.64. The van der Waals surface area contributed by atoms with Crippen LogP contribution in [0.15, 0.2) is 40.1 Å². The second kappa shape index (κ2) is 10.3. The van der Waals surface area contributed by atoms with Crippen LogP contribution in [0.4, 0.5) is 5.82 Å². The van der Waals surface area contributed by atoms with Crippen molar-refractivity contribution in [2.75, 3.05) is 18.0 Å². The number of piperidine rings is 1. The number of carbonyl (C=O) groups excluding carboxylic acids is 1. The van der Waals surface area contributed by atoms with Gasteiger partial charge in [0.1, 0.15) is 16.9 Å². The van der Waals surface area contributed by atoms with E-state index in [1.807, 2.05) is 12.1 Å². The van der Waals surface area contributed by atoms with Gasteiger partial charge in [-0.05, 0) is 56.9 Å². The van der Waals surface area contributed by atoms with E-state index in [4.69, 9.17) is 5.73 Å². The van der Waals surface area contributed by atoms with Gasteiger partial charge in [-0.3, -0.25) is 23.7 Å². The van der Waals surface area contributed by atoms with E-state index in [2.05, 4.69) is 32.0 Å². The molecule has 11 heteroatoms. The van der Waals surface area contributed by atoms with E-state index in [1.54, 1.807) is 36.9 Å². The topological polar surface area (TPSA) is 133 Å². The van der Waals surface area contributed by atoms with Gasteiger partial charge >= 0.3 is 5.69 Å². The molecule has 0 spiro atoms. The molecule has 3 N–H and O–H groups in total. The van der Waals surface area contributed by atoms with Crippen molar-refractivity contribution in [3.05, 3.63) is 62.6 Å². The predicted molar refractivity (Wildman–Crippen MR) is 153 cm³/mol. The fourth-order valence-corrected chi connectivity index (χ4v) is 5.55. The Labute approximate surface area is 230 Å². The number of nitrogens with one attached hydrogen (secondary N) is 1. The molecule has 0 unspecified atom stereocenters. The van der Waals surface area contributed by atoms with Crippen molar-refractivity contribution in [2.45, 2.75) is 57.8 Å². The highest BCUT2D eigenvalue weighted by atomic mass is 16.2. The molecule has 0 aromatic carbocycles. The van der Waals surface area contributed by atoms with Crippen LogP contribution in [-0.2, 0) is 20.1 Å². The third-order valence-electron chi connectivity index (χ3n) is 7.66. The number of anilines is 1. The predicted octanol–water partition coefficient (Wildman–Crippen LogP) is 1.34. The van der Waals surface area contributed by atoms with Crippen LogP contribution in [-0.4, -0.2) is 54.7 Å². The van der Waals surface area contributed by atoms with Crippen molar-refractivity contribution in [3.63, 3.8) is 0 Å². The fraction of sp³-hybridized carbons (Fsp3) is 0.414. The number of fused-ring (bicyclic) bond motifs is 2. The highest BCUT2D eigenvalue weighted by molar-refractivity contribution is 6.11. The molecule has 11 nitrogen and oxygen atoms in total. The summed E-state index contributed by atoms with van der Waals surface area (Å²) in [5.41, 5.74) is 8.20. The number of aryl methyl sites for hydroxylation is 1. The monoisotopic (exact) mass is 540 g/mol. The number of pyridine rings is 2. The molecule has 4 aromatic rings. The smallest absolute Gasteiger partial charge is 0.331 e. The summed E-state index contributed by atoms with van der Waals surface area (Å²) in [5.74, 6) is 6.28. The average Bonchev–Trinajstić information content (AvgIpc) is 3.70. The quantitative estimate of drug-likeness (QED) is 0.353. The third kappa shape index (κ3) is 4.54. The second-order valence-electron chi connectivity index (χ2n) is 10.6. The first-order chi connectivity index (χ1) is 19.4. The molecule has 5 heterocycles. The highest BCUT2D eigenvalue weighted by Gasteiger charge is 2.34. The minimum absolute atomic E-state index is 0.0234. The van der Waals surface area contributed by atoms with Gasteiger partial charge in [0, 0.05) is 38.4 Å². The van der Waals surface area contributed by atoms with Gasteiger partial charge in [-0.2, -0.15) is 0 Å². The molecule has 40 heavy (non-hydrogen) atoms. The Hall–Kier alpha value is -4.43. The number of hydrogen-bond donors (Lipinski definition) is 2. The van der Waals surface area contributed by atoms with E-state index >= 15 is 0 Å². The second-order valence-corrected chi connectivity index (χ2v) is 10.6. The Bertz CT molecular complexity index is 1820. The van der Waals surface area contributed by atoms with Crippen molar-refractivity contribution < 1.29 is 4.79 Å². The Morgan fingerprint density at radius 2 is 1.95 bits per heavy atom. The standard InChI is InChI=1S/C29H32N8O3/c1-3-4-15-36-25-24(23(26(38)33-19-9-10-19)27(36)35-14-6-7-18(30)16-35)34(2)29(40)37(28(25)39)17-20-11-12-21-22(32-20)8-5-13-31-21/h5,8,11-13,18-19H,6-7,9-10,14-17,30H2,1-2H3,(H,33,38)/t18-/m1/s1. The van der Waals surface area contributed by atoms with Gasteiger partial charge in [0.25, 0.3) is 11.5 Å². The minimum atomic E-state index is -0.522. The van der Waals surface area contributed by atoms with Crippen LogP contribution in [0.5, 0.6) is 0 Å². The van der Waals surface area contributed by atoms with Crippen LogP contribution < -0.4 is 27.2 Å². The van der Waals surface area contributed by atoms with Crippen LogP contribution in [0.1, 0.15) is 48.7 Å². The van der Waals surface area contributed by atoms with Crippen LogP contribution in [0.25, 0.3) is 22.1 Å². The maximum absolute atomic E-state index is 14.2. The Morgan fingerprint density at radius 3 is 2.70 bits per heavy atom. The summed E-state index contributed by atoms with van der Waals surface area (Å²) < 4.78 is 4.38. The van der Waals surface area contributed by atoms with Gasteiger partial charge in [0.15, 0.2) is 0 Å². The van der Waals surface area contributed by atoms with Crippen molar-refractivity contribution in [1.82, 2.24) is 29.0 Å². The number of carbonyl (C=O) groups is 1. The van der Waals surface area contributed by atoms with Crippen LogP contribution in [0.3, 0.4) is 0 Å². The van der Waals surface area contributed by atoms with Gasteiger partial charge in [-0.15, -0.1) is 5.92 Å². The number of nitrogens with two attached hydrogens (primary N) is 1. The maximum atomic E-state index is 14.2. The Morgan fingerprint density at radius 1 is 1.12 bits per heavy atom. The largest absolute Gasteiger partial charge is 0.356 e. The van der Waals surface area contributed by atoms with E-state index < -0.39 is 11.2 Å². The zero-order chi connectivity index (χ0) is 28.0. The molecule has 0 radical (unpaired) electrons. The van der Waals surface area contributed by atoms with Crippen LogP contribution in [0.2, 0.25) is 0 Å². The van der Waals surface area contributed by atoms with E-state index in [0.29, 0.717) is 41.2 Å². The highest BCUT2D eigenvalue weighted by Crippen LogP contribution is 2.33. The van der Waals surface area contributed by atoms with Crippen molar-refractivity contribution in [2.24, 2.45) is 12.8 Å². The zero-order valence-electron chi connectivity index (χ0n) is 22.7. The number of rotatable bonds is 6. The average molecular weight is 541 g/mol. The van der Waals surface area contributed by atoms with Gasteiger partial charge in [0.2, 0.25) is 0 Å². The molecule has 1 saturated carbocycles. The fourth-order valence-electron chi connectivity index (χ4n) is 5.55. The SMILES string of the molecule is CC#CCn1c(N2CCC[C@@H](N)C2)c(C(=O)NC2CC2)c2c1c(=O)n(Cc1ccc3ncccc3n1)c(=O)n2C. The molecule has 1 saturated heterocycles. The summed E-state index contributed by atoms with van der Waals surface area (Å²) >= 11 is 0. The number of hydrogen-bond acceptors (Lipinski definition) is 7. The number of aromatic nitrogens is 5. The number of amides is 1. The molecule has 2 fully saturated rings. The van der Waals surface area contributed by atoms with Gasteiger partial charge in [-0.1, -0.05) is 5.92 Å². The minimum Gasteiger partial charge on any atom is -0.356 e. The summed E-state index contributed by atoms with van der Waals surface area (Å²) in [7, 11) is 1.60. The van der Waals surface area contributed by atoms with E-state index in [-0.39, 0.29) is 36.6 Å². The first-order valence-electron chi connectivity index (χ1n) is 13.6. The van der Waals surface area contributed by atoms with Crippen LogP contribution >= 0.6 is 0 Å². The molecule has 6 rings (SSSR count). The number of nitrogens with zero attached hydrogens (tertiary/aromatic N) is 6. The van der Waals surface area contributed by atoms with E-state index in [1.165, 1.54) is 9.13 Å². The summed E-state index contributed by atoms with van der Waals surface area (Å²) in [6, 6.07) is 7.26. The molecule has 1 aliphatic heterocycles. The molecule has 1 amide bonds. The zero-order valence-corrected chi connectivity index (χ0v) is 22.7. The van der Waals surface area contributed by atoms with Crippen molar-refractivity contribution in [1.29, 1.82) is 0 Å². The molecule has 1 aliphatic carbocycles. The summed E-state index contributed by atoms with van der Waals surface area (Å²) in [6.45, 7) is 3.13. The molecule has 0 bridgehead atoms. The molecule has 4 aromatic heterocycles. The van der Waals surface area contributed by atoms with Crippen molar-refractivity contribution in [3.8, 4) is 11.8 Å². The summed E-state index contributed by atoms with van der Waals surface area (Å²) in [6.07, 6.45) is 5.26. The van der Waals surface area contributed by atoms with Gasteiger partial charge in [-0.25, -0.2) is 9.78 Å². The molecule has 1 atom stereocenters. The lowest BCUT2D eigenvalue weighted by atomic mass is 10.1. The lowest BCUT2D eigenvalue weighted by Crippen LogP contribution is -2.44. The first-order valence-corrected chi connectivity index (χ1v) is 13.6. The lowest BCUT2D eigenvalue weighted by Gasteiger charge is -2.33. The van der Waals surface area contributed by atoms with Gasteiger partial charge in [0.05, 0.1) is 35.3 Å². The first kappa shape index (κ1) is 25.8. The van der Waals surface area contributed by atoms with Crippen molar-refractivity contribution >= 4 is 33.8 Å². The van der Waals surface area contributed by atoms with Crippen LogP contribution in [0, 0.1) is 11.8 Å². The van der Waals surface area contributed by atoms with Gasteiger partial charge < -0.3 is 20.5 Å². The normalized spacial score (nSPS) is 17.2. The lowest BCUT2D eigenvalue weighted by molar-refractivity contribution is 0.0952. The van der Waals surface area contributed by atoms with E-state index in [0.717, 1.165) is 31.2 Å². The summed E-state index contributed by atoms with van der Waals surface area (Å²) in [5, 5.41) is 3.07. The third-order valence-corrected chi connectivity index (χ3v) is 7.66. The molecular weight excluding hydrogens is 508 g/mol.